The van der Waals surface area contributed by atoms with E-state index in [-0.39, 0.29) is 17.1 Å². The fourth-order valence-corrected chi connectivity index (χ4v) is 2.84. The third-order valence-electron chi connectivity index (χ3n) is 2.88. The number of aliphatic carboxylic acids is 1. The van der Waals surface area contributed by atoms with Gasteiger partial charge in [0.05, 0.1) is 6.42 Å². The molecule has 2 aromatic heterocycles. The standard InChI is InChI=1S/C13H9ClN4O3S/c14-8-3-1-7(2-4-8)5-9-12(21)18-13(16-15-9)22-10(17-18)6-11(19)20/h1-4H,5-6H2,(H,19,20). The van der Waals surface area contributed by atoms with E-state index in [9.17, 15) is 9.59 Å². The topological polar surface area (TPSA) is 97.4 Å². The van der Waals surface area contributed by atoms with Crippen molar-refractivity contribution in [1.29, 1.82) is 0 Å². The molecule has 3 aromatic rings. The Labute approximate surface area is 132 Å². The fourth-order valence-electron chi connectivity index (χ4n) is 1.89. The number of halogens is 1. The number of nitrogens with zero attached hydrogens (tertiary/aromatic N) is 4. The molecule has 112 valence electrons. The van der Waals surface area contributed by atoms with E-state index in [0.29, 0.717) is 16.5 Å². The van der Waals surface area contributed by atoms with E-state index in [1.54, 1.807) is 24.3 Å². The summed E-state index contributed by atoms with van der Waals surface area (Å²) in [5.74, 6) is -1.01. The number of aromatic nitrogens is 4. The molecule has 1 N–H and O–H groups in total. The Morgan fingerprint density at radius 3 is 2.68 bits per heavy atom. The molecule has 3 rings (SSSR count). The van der Waals surface area contributed by atoms with Gasteiger partial charge >= 0.3 is 5.97 Å². The normalized spacial score (nSPS) is 11.0. The monoisotopic (exact) mass is 336 g/mol. The molecule has 1 aromatic carbocycles. The summed E-state index contributed by atoms with van der Waals surface area (Å²) in [6.07, 6.45) is 0.0533. The van der Waals surface area contributed by atoms with Crippen molar-refractivity contribution in [2.24, 2.45) is 0 Å². The van der Waals surface area contributed by atoms with Crippen molar-refractivity contribution in [3.63, 3.8) is 0 Å². The summed E-state index contributed by atoms with van der Waals surface area (Å²) >= 11 is 6.85. The molecule has 2 heterocycles. The summed E-state index contributed by atoms with van der Waals surface area (Å²) in [5, 5.41) is 21.5. The largest absolute Gasteiger partial charge is 0.481 e. The van der Waals surface area contributed by atoms with Crippen LogP contribution >= 0.6 is 22.9 Å². The van der Waals surface area contributed by atoms with E-state index in [1.165, 1.54) is 0 Å². The number of carboxylic acid groups (broad SMARTS) is 1. The summed E-state index contributed by atoms with van der Waals surface area (Å²) in [4.78, 5) is 23.3. The summed E-state index contributed by atoms with van der Waals surface area (Å²) in [7, 11) is 0. The molecule has 9 heteroatoms. The SMILES string of the molecule is O=C(O)Cc1nn2c(=O)c(Cc3ccc(Cl)cc3)nnc2s1. The van der Waals surface area contributed by atoms with Gasteiger partial charge in [-0.05, 0) is 17.7 Å². The van der Waals surface area contributed by atoms with Crippen molar-refractivity contribution in [3.8, 4) is 0 Å². The predicted octanol–water partition coefficient (Wildman–Crippen LogP) is 1.42. The molecule has 0 atom stereocenters. The lowest BCUT2D eigenvalue weighted by Gasteiger charge is -2.00. The number of carboxylic acids is 1. The van der Waals surface area contributed by atoms with Gasteiger partial charge in [0.15, 0.2) is 0 Å². The van der Waals surface area contributed by atoms with Crippen LogP contribution in [0.15, 0.2) is 29.1 Å². The Morgan fingerprint density at radius 1 is 1.27 bits per heavy atom. The smallest absolute Gasteiger partial charge is 0.310 e. The molecule has 0 aliphatic heterocycles. The van der Waals surface area contributed by atoms with Gasteiger partial charge in [-0.15, -0.1) is 10.2 Å². The van der Waals surface area contributed by atoms with Gasteiger partial charge in [0.2, 0.25) is 4.96 Å². The average Bonchev–Trinajstić information content (AvgIpc) is 2.87. The Hall–Kier alpha value is -2.32. The highest BCUT2D eigenvalue weighted by Gasteiger charge is 2.14. The molecular weight excluding hydrogens is 328 g/mol. The summed E-state index contributed by atoms with van der Waals surface area (Å²) < 4.78 is 1.10. The summed E-state index contributed by atoms with van der Waals surface area (Å²) in [5.41, 5.74) is 0.719. The zero-order valence-electron chi connectivity index (χ0n) is 11.1. The third kappa shape index (κ3) is 2.97. The van der Waals surface area contributed by atoms with Gasteiger partial charge in [0, 0.05) is 11.4 Å². The molecule has 22 heavy (non-hydrogen) atoms. The second-order valence-electron chi connectivity index (χ2n) is 4.52. The van der Waals surface area contributed by atoms with E-state index in [2.05, 4.69) is 15.3 Å². The van der Waals surface area contributed by atoms with Gasteiger partial charge < -0.3 is 5.11 Å². The number of carbonyl (C=O) groups is 1. The quantitative estimate of drug-likeness (QED) is 0.773. The Morgan fingerprint density at radius 2 is 2.00 bits per heavy atom. The first-order valence-electron chi connectivity index (χ1n) is 6.23. The van der Waals surface area contributed by atoms with Crippen LogP contribution in [-0.2, 0) is 17.6 Å². The maximum atomic E-state index is 12.3. The first-order chi connectivity index (χ1) is 10.5. The molecule has 0 fully saturated rings. The lowest BCUT2D eigenvalue weighted by Crippen LogP contribution is -2.22. The molecular formula is C13H9ClN4O3S. The van der Waals surface area contributed by atoms with Crippen LogP contribution in [0.3, 0.4) is 0 Å². The highest BCUT2D eigenvalue weighted by atomic mass is 35.5. The highest BCUT2D eigenvalue weighted by molar-refractivity contribution is 7.16. The molecule has 0 aliphatic rings. The molecule has 0 unspecified atom stereocenters. The van der Waals surface area contributed by atoms with Crippen molar-refractivity contribution in [1.82, 2.24) is 19.8 Å². The van der Waals surface area contributed by atoms with Crippen LogP contribution in [0.4, 0.5) is 0 Å². The van der Waals surface area contributed by atoms with Crippen LogP contribution in [-0.4, -0.2) is 30.9 Å². The van der Waals surface area contributed by atoms with E-state index < -0.39 is 11.5 Å². The molecule has 0 radical (unpaired) electrons. The van der Waals surface area contributed by atoms with E-state index in [0.717, 1.165) is 21.4 Å². The maximum absolute atomic E-state index is 12.3. The van der Waals surface area contributed by atoms with Crippen molar-refractivity contribution in [2.75, 3.05) is 0 Å². The van der Waals surface area contributed by atoms with E-state index in [4.69, 9.17) is 16.7 Å². The lowest BCUT2D eigenvalue weighted by atomic mass is 10.1. The van der Waals surface area contributed by atoms with Crippen LogP contribution in [0.1, 0.15) is 16.3 Å². The number of hydrogen-bond donors (Lipinski definition) is 1. The number of fused-ring (bicyclic) bond motifs is 1. The minimum absolute atomic E-state index is 0.243. The van der Waals surface area contributed by atoms with E-state index >= 15 is 0 Å². The van der Waals surface area contributed by atoms with E-state index in [1.807, 2.05) is 0 Å². The average molecular weight is 337 g/mol. The molecule has 0 saturated heterocycles. The summed E-state index contributed by atoms with van der Waals surface area (Å²) in [6, 6.07) is 7.06. The molecule has 0 saturated carbocycles. The Bertz CT molecular complexity index is 904. The lowest BCUT2D eigenvalue weighted by molar-refractivity contribution is -0.136. The minimum atomic E-state index is -1.01. The van der Waals surface area contributed by atoms with Gasteiger partial charge in [-0.25, -0.2) is 0 Å². The number of rotatable bonds is 4. The highest BCUT2D eigenvalue weighted by Crippen LogP contribution is 2.13. The van der Waals surface area contributed by atoms with Crippen molar-refractivity contribution >= 4 is 33.9 Å². The number of benzene rings is 1. The van der Waals surface area contributed by atoms with Crippen LogP contribution in [0, 0.1) is 0 Å². The van der Waals surface area contributed by atoms with Crippen LogP contribution in [0.25, 0.3) is 4.96 Å². The van der Waals surface area contributed by atoms with Gasteiger partial charge in [-0.3, -0.25) is 9.59 Å². The first-order valence-corrected chi connectivity index (χ1v) is 7.43. The van der Waals surface area contributed by atoms with Crippen molar-refractivity contribution < 1.29 is 9.90 Å². The second kappa shape index (κ2) is 5.82. The van der Waals surface area contributed by atoms with Crippen LogP contribution in [0.5, 0.6) is 0 Å². The van der Waals surface area contributed by atoms with Gasteiger partial charge in [0.25, 0.3) is 5.56 Å². The van der Waals surface area contributed by atoms with Gasteiger partial charge in [-0.1, -0.05) is 35.1 Å². The maximum Gasteiger partial charge on any atom is 0.310 e. The number of hydrogen-bond acceptors (Lipinski definition) is 6. The molecule has 0 aliphatic carbocycles. The zero-order valence-corrected chi connectivity index (χ0v) is 12.6. The molecule has 0 bridgehead atoms. The van der Waals surface area contributed by atoms with Crippen LogP contribution in [0.2, 0.25) is 5.02 Å². The zero-order chi connectivity index (χ0) is 15.7. The second-order valence-corrected chi connectivity index (χ2v) is 5.99. The van der Waals surface area contributed by atoms with Gasteiger partial charge in [0.1, 0.15) is 10.7 Å². The molecule has 0 spiro atoms. The minimum Gasteiger partial charge on any atom is -0.481 e. The fraction of sp³-hybridized carbons (Fsp3) is 0.154. The Balaban J connectivity index is 1.97. The van der Waals surface area contributed by atoms with Crippen LogP contribution < -0.4 is 5.56 Å². The Kier molecular flexibility index (Phi) is 3.86. The predicted molar refractivity (Wildman–Crippen MR) is 80.5 cm³/mol. The molecule has 7 nitrogen and oxygen atoms in total. The summed E-state index contributed by atoms with van der Waals surface area (Å²) in [6.45, 7) is 0. The van der Waals surface area contributed by atoms with Crippen molar-refractivity contribution in [3.05, 3.63) is 55.9 Å². The third-order valence-corrected chi connectivity index (χ3v) is 4.04. The first kappa shape index (κ1) is 14.6. The van der Waals surface area contributed by atoms with Crippen molar-refractivity contribution in [2.45, 2.75) is 12.8 Å². The van der Waals surface area contributed by atoms with Gasteiger partial charge in [-0.2, -0.15) is 9.61 Å². The molecule has 0 amide bonds.